The summed E-state index contributed by atoms with van der Waals surface area (Å²) in [6.45, 7) is 3.76. The van der Waals surface area contributed by atoms with Gasteiger partial charge in [0.05, 0.1) is 6.61 Å². The highest BCUT2D eigenvalue weighted by Gasteiger charge is 2.15. The Labute approximate surface area is 71.8 Å². The van der Waals surface area contributed by atoms with E-state index in [1.165, 1.54) is 5.56 Å². The average molecular weight is 164 g/mol. The fraction of sp³-hybridized carbons (Fsp3) is 0.444. The maximum absolute atomic E-state index is 5.41. The molecule has 0 saturated carbocycles. The number of pyridine rings is 1. The zero-order valence-electron chi connectivity index (χ0n) is 7.13. The van der Waals surface area contributed by atoms with Crippen LogP contribution in [0.5, 0.6) is 5.75 Å². The first-order valence-electron chi connectivity index (χ1n) is 4.26. The summed E-state index contributed by atoms with van der Waals surface area (Å²) in [5.74, 6) is 1.97. The van der Waals surface area contributed by atoms with Crippen molar-refractivity contribution in [2.24, 2.45) is 0 Å². The molecule has 1 aromatic heterocycles. The fourth-order valence-corrected chi connectivity index (χ4v) is 1.43. The molecule has 1 aromatic rings. The zero-order valence-corrected chi connectivity index (χ0v) is 7.13. The van der Waals surface area contributed by atoms with Gasteiger partial charge in [0.15, 0.2) is 0 Å². The minimum atomic E-state index is 0.791. The summed E-state index contributed by atoms with van der Waals surface area (Å²) in [6, 6.07) is 1.92. The van der Waals surface area contributed by atoms with Crippen molar-refractivity contribution in [2.75, 3.05) is 18.5 Å². The van der Waals surface area contributed by atoms with E-state index >= 15 is 0 Å². The van der Waals surface area contributed by atoms with Gasteiger partial charge in [0, 0.05) is 24.7 Å². The van der Waals surface area contributed by atoms with Crippen LogP contribution in [0.4, 0.5) is 5.82 Å². The second-order valence-corrected chi connectivity index (χ2v) is 2.77. The van der Waals surface area contributed by atoms with E-state index in [2.05, 4.69) is 17.2 Å². The third-order valence-electron chi connectivity index (χ3n) is 1.97. The van der Waals surface area contributed by atoms with Crippen LogP contribution < -0.4 is 10.1 Å². The number of nitrogens with one attached hydrogen (secondary N) is 1. The van der Waals surface area contributed by atoms with Crippen molar-refractivity contribution >= 4 is 5.82 Å². The Hall–Kier alpha value is -1.25. The van der Waals surface area contributed by atoms with Crippen LogP contribution in [0.25, 0.3) is 0 Å². The Kier molecular flexibility index (Phi) is 1.86. The second-order valence-electron chi connectivity index (χ2n) is 2.77. The van der Waals surface area contributed by atoms with Gasteiger partial charge in [-0.1, -0.05) is 0 Å². The van der Waals surface area contributed by atoms with Crippen LogP contribution >= 0.6 is 0 Å². The molecule has 0 radical (unpaired) electrons. The Bertz CT molecular complexity index is 286. The molecule has 2 heterocycles. The molecule has 0 saturated heterocycles. The summed E-state index contributed by atoms with van der Waals surface area (Å²) in [6.07, 6.45) is 2.76. The fourth-order valence-electron chi connectivity index (χ4n) is 1.43. The minimum absolute atomic E-state index is 0.791. The number of aromatic nitrogens is 1. The molecule has 1 aliphatic heterocycles. The van der Waals surface area contributed by atoms with Gasteiger partial charge in [-0.2, -0.15) is 0 Å². The third-order valence-corrected chi connectivity index (χ3v) is 1.97. The Morgan fingerprint density at radius 3 is 3.42 bits per heavy atom. The molecule has 0 fully saturated rings. The number of rotatable bonds is 2. The highest BCUT2D eigenvalue weighted by molar-refractivity contribution is 5.53. The van der Waals surface area contributed by atoms with Gasteiger partial charge in [-0.25, -0.2) is 4.98 Å². The maximum atomic E-state index is 5.41. The molecule has 0 unspecified atom stereocenters. The Morgan fingerprint density at radius 2 is 2.58 bits per heavy atom. The molecule has 0 aromatic carbocycles. The van der Waals surface area contributed by atoms with Crippen molar-refractivity contribution in [1.29, 1.82) is 0 Å². The lowest BCUT2D eigenvalue weighted by Crippen LogP contribution is -2.01. The van der Waals surface area contributed by atoms with Crippen LogP contribution in [-0.2, 0) is 6.42 Å². The SMILES string of the molecule is CCNc1nccc2c1CCO2. The highest BCUT2D eigenvalue weighted by Crippen LogP contribution is 2.29. The van der Waals surface area contributed by atoms with Gasteiger partial charge in [0.2, 0.25) is 0 Å². The molecule has 1 N–H and O–H groups in total. The van der Waals surface area contributed by atoms with Gasteiger partial charge in [-0.3, -0.25) is 0 Å². The van der Waals surface area contributed by atoms with Crippen LogP contribution in [0, 0.1) is 0 Å². The summed E-state index contributed by atoms with van der Waals surface area (Å²) in [5.41, 5.74) is 1.22. The van der Waals surface area contributed by atoms with Crippen molar-refractivity contribution in [3.8, 4) is 5.75 Å². The molecule has 0 atom stereocenters. The average Bonchev–Trinajstić information content (AvgIpc) is 2.53. The van der Waals surface area contributed by atoms with Crippen molar-refractivity contribution in [2.45, 2.75) is 13.3 Å². The molecule has 1 aliphatic rings. The van der Waals surface area contributed by atoms with E-state index in [9.17, 15) is 0 Å². The molecule has 3 heteroatoms. The Morgan fingerprint density at radius 1 is 1.67 bits per heavy atom. The Balaban J connectivity index is 2.36. The van der Waals surface area contributed by atoms with E-state index in [-0.39, 0.29) is 0 Å². The van der Waals surface area contributed by atoms with Gasteiger partial charge < -0.3 is 10.1 Å². The predicted octanol–water partition coefficient (Wildman–Crippen LogP) is 1.45. The molecule has 0 bridgehead atoms. The molecule has 0 spiro atoms. The highest BCUT2D eigenvalue weighted by atomic mass is 16.5. The smallest absolute Gasteiger partial charge is 0.132 e. The first-order valence-corrected chi connectivity index (χ1v) is 4.26. The standard InChI is InChI=1S/C9H12N2O/c1-2-10-9-7-4-6-12-8(7)3-5-11-9/h3,5H,2,4,6H2,1H3,(H,10,11). The van der Waals surface area contributed by atoms with E-state index in [1.807, 2.05) is 6.07 Å². The largest absolute Gasteiger partial charge is 0.493 e. The van der Waals surface area contributed by atoms with E-state index in [1.54, 1.807) is 6.20 Å². The summed E-state index contributed by atoms with van der Waals surface area (Å²) in [4.78, 5) is 4.25. The normalized spacial score (nSPS) is 13.8. The number of hydrogen-bond acceptors (Lipinski definition) is 3. The molecular weight excluding hydrogens is 152 g/mol. The summed E-state index contributed by atoms with van der Waals surface area (Å²) >= 11 is 0. The van der Waals surface area contributed by atoms with E-state index < -0.39 is 0 Å². The van der Waals surface area contributed by atoms with Gasteiger partial charge in [0.1, 0.15) is 11.6 Å². The number of fused-ring (bicyclic) bond motifs is 1. The number of hydrogen-bond donors (Lipinski definition) is 1. The van der Waals surface area contributed by atoms with Gasteiger partial charge in [-0.05, 0) is 13.0 Å². The van der Waals surface area contributed by atoms with Crippen LogP contribution in [0.2, 0.25) is 0 Å². The summed E-state index contributed by atoms with van der Waals surface area (Å²) < 4.78 is 5.41. The molecular formula is C9H12N2O. The molecule has 0 aliphatic carbocycles. The molecule has 0 amide bonds. The lowest BCUT2D eigenvalue weighted by Gasteiger charge is -2.05. The van der Waals surface area contributed by atoms with Crippen molar-refractivity contribution in [3.63, 3.8) is 0 Å². The van der Waals surface area contributed by atoms with Crippen molar-refractivity contribution in [1.82, 2.24) is 4.98 Å². The first-order chi connectivity index (χ1) is 5.92. The predicted molar refractivity (Wildman–Crippen MR) is 47.6 cm³/mol. The topological polar surface area (TPSA) is 34.2 Å². The van der Waals surface area contributed by atoms with Gasteiger partial charge in [-0.15, -0.1) is 0 Å². The summed E-state index contributed by atoms with van der Waals surface area (Å²) in [7, 11) is 0. The molecule has 3 nitrogen and oxygen atoms in total. The molecule has 64 valence electrons. The lowest BCUT2D eigenvalue weighted by molar-refractivity contribution is 0.356. The van der Waals surface area contributed by atoms with Crippen LogP contribution in [0.3, 0.4) is 0 Å². The van der Waals surface area contributed by atoms with Crippen molar-refractivity contribution < 1.29 is 4.74 Å². The second kappa shape index (κ2) is 3.01. The van der Waals surface area contributed by atoms with Gasteiger partial charge >= 0.3 is 0 Å². The third kappa shape index (κ3) is 1.11. The maximum Gasteiger partial charge on any atom is 0.132 e. The summed E-state index contributed by atoms with van der Waals surface area (Å²) in [5, 5.41) is 3.22. The number of nitrogens with zero attached hydrogens (tertiary/aromatic N) is 1. The van der Waals surface area contributed by atoms with Crippen LogP contribution in [-0.4, -0.2) is 18.1 Å². The van der Waals surface area contributed by atoms with E-state index in [4.69, 9.17) is 4.74 Å². The number of ether oxygens (including phenoxy) is 1. The van der Waals surface area contributed by atoms with Crippen LogP contribution in [0.15, 0.2) is 12.3 Å². The first kappa shape index (κ1) is 7.40. The molecule has 12 heavy (non-hydrogen) atoms. The number of anilines is 1. The van der Waals surface area contributed by atoms with Gasteiger partial charge in [0.25, 0.3) is 0 Å². The minimum Gasteiger partial charge on any atom is -0.493 e. The van der Waals surface area contributed by atoms with Crippen LogP contribution in [0.1, 0.15) is 12.5 Å². The lowest BCUT2D eigenvalue weighted by atomic mass is 10.2. The van der Waals surface area contributed by atoms with E-state index in [0.717, 1.165) is 31.1 Å². The molecule has 2 rings (SSSR count). The zero-order chi connectivity index (χ0) is 8.39. The van der Waals surface area contributed by atoms with E-state index in [0.29, 0.717) is 0 Å². The quantitative estimate of drug-likeness (QED) is 0.718. The monoisotopic (exact) mass is 164 g/mol. The van der Waals surface area contributed by atoms with Crippen molar-refractivity contribution in [3.05, 3.63) is 17.8 Å².